The second-order valence-electron chi connectivity index (χ2n) is 4.44. The van der Waals surface area contributed by atoms with Crippen LogP contribution in [0.1, 0.15) is 19.4 Å². The lowest BCUT2D eigenvalue weighted by atomic mass is 10.1. The number of nitrogens with one attached hydrogen (secondary N) is 1. The fourth-order valence-electron chi connectivity index (χ4n) is 1.99. The van der Waals surface area contributed by atoms with E-state index in [1.165, 1.54) is 17.7 Å². The number of benzene rings is 1. The molecule has 5 nitrogen and oxygen atoms in total. The van der Waals surface area contributed by atoms with Crippen LogP contribution >= 0.6 is 0 Å². The number of pyridine rings is 1. The van der Waals surface area contributed by atoms with Crippen LogP contribution in [0.15, 0.2) is 36.4 Å². The van der Waals surface area contributed by atoms with Crippen molar-refractivity contribution < 1.29 is 4.92 Å². The number of rotatable bonds is 5. The first-order valence-corrected chi connectivity index (χ1v) is 6.63. The van der Waals surface area contributed by atoms with E-state index in [0.717, 1.165) is 12.0 Å². The highest BCUT2D eigenvalue weighted by Gasteiger charge is 2.12. The number of nitro groups is 1. The summed E-state index contributed by atoms with van der Waals surface area (Å²) >= 11 is 0. The lowest BCUT2D eigenvalue weighted by Crippen LogP contribution is -2.01. The van der Waals surface area contributed by atoms with Crippen LogP contribution in [0.4, 0.5) is 11.5 Å². The molecular weight excluding hydrogens is 254 g/mol. The largest absolute Gasteiger partial charge is 0.370 e. The van der Waals surface area contributed by atoms with E-state index in [1.54, 1.807) is 0 Å². The van der Waals surface area contributed by atoms with Crippen molar-refractivity contribution in [3.63, 3.8) is 0 Å². The first-order chi connectivity index (χ1) is 9.63. The van der Waals surface area contributed by atoms with Crippen molar-refractivity contribution in [2.75, 3.05) is 11.9 Å². The van der Waals surface area contributed by atoms with Crippen LogP contribution in [0.3, 0.4) is 0 Å². The zero-order valence-corrected chi connectivity index (χ0v) is 11.6. The summed E-state index contributed by atoms with van der Waals surface area (Å²) in [5, 5.41) is 14.0. The van der Waals surface area contributed by atoms with Crippen LogP contribution in [-0.2, 0) is 6.42 Å². The molecule has 0 amide bonds. The van der Waals surface area contributed by atoms with Gasteiger partial charge in [-0.25, -0.2) is 4.98 Å². The smallest absolute Gasteiger partial charge is 0.275 e. The van der Waals surface area contributed by atoms with E-state index >= 15 is 0 Å². The van der Waals surface area contributed by atoms with Crippen LogP contribution in [0.25, 0.3) is 11.3 Å². The summed E-state index contributed by atoms with van der Waals surface area (Å²) < 4.78 is 0. The van der Waals surface area contributed by atoms with Gasteiger partial charge in [-0.2, -0.15) is 0 Å². The normalized spacial score (nSPS) is 10.3. The minimum Gasteiger partial charge on any atom is -0.370 e. The molecule has 2 aromatic rings. The topological polar surface area (TPSA) is 68.1 Å². The lowest BCUT2D eigenvalue weighted by Gasteiger charge is -2.07. The van der Waals surface area contributed by atoms with Gasteiger partial charge in [0.05, 0.1) is 16.7 Å². The molecule has 0 aliphatic heterocycles. The maximum atomic E-state index is 11.0. The summed E-state index contributed by atoms with van der Waals surface area (Å²) in [6, 6.07) is 10.9. The summed E-state index contributed by atoms with van der Waals surface area (Å²) in [6.45, 7) is 4.67. The number of hydrogen-bond donors (Lipinski definition) is 1. The lowest BCUT2D eigenvalue weighted by molar-refractivity contribution is -0.384. The van der Waals surface area contributed by atoms with Gasteiger partial charge >= 0.3 is 0 Å². The number of anilines is 1. The Kier molecular flexibility index (Phi) is 4.30. The molecule has 1 aromatic carbocycles. The van der Waals surface area contributed by atoms with Crippen LogP contribution < -0.4 is 5.32 Å². The highest BCUT2D eigenvalue weighted by atomic mass is 16.6. The predicted octanol–water partition coefficient (Wildman–Crippen LogP) is 3.65. The Morgan fingerprint density at radius 2 is 2.05 bits per heavy atom. The highest BCUT2D eigenvalue weighted by Crippen LogP contribution is 2.26. The van der Waals surface area contributed by atoms with E-state index in [9.17, 15) is 10.1 Å². The third kappa shape index (κ3) is 3.12. The average Bonchev–Trinajstić information content (AvgIpc) is 2.47. The van der Waals surface area contributed by atoms with Crippen LogP contribution in [0, 0.1) is 10.1 Å². The van der Waals surface area contributed by atoms with Gasteiger partial charge in [0.2, 0.25) is 0 Å². The maximum absolute atomic E-state index is 11.0. The zero-order chi connectivity index (χ0) is 14.5. The fraction of sp³-hybridized carbons (Fsp3) is 0.267. The number of aryl methyl sites for hydroxylation is 1. The molecule has 0 atom stereocenters. The Morgan fingerprint density at radius 1 is 1.25 bits per heavy atom. The monoisotopic (exact) mass is 271 g/mol. The number of nitrogens with zero attached hydrogens (tertiary/aromatic N) is 2. The van der Waals surface area contributed by atoms with Crippen molar-refractivity contribution in [2.45, 2.75) is 20.3 Å². The van der Waals surface area contributed by atoms with E-state index in [1.807, 2.05) is 31.2 Å². The van der Waals surface area contributed by atoms with Gasteiger partial charge in [-0.3, -0.25) is 10.1 Å². The van der Waals surface area contributed by atoms with Crippen LogP contribution in [0.5, 0.6) is 0 Å². The average molecular weight is 271 g/mol. The van der Waals surface area contributed by atoms with Gasteiger partial charge in [-0.15, -0.1) is 0 Å². The number of hydrogen-bond acceptors (Lipinski definition) is 4. The predicted molar refractivity (Wildman–Crippen MR) is 79.9 cm³/mol. The second kappa shape index (κ2) is 6.14. The molecule has 0 aliphatic rings. The fourth-order valence-corrected chi connectivity index (χ4v) is 1.99. The molecule has 20 heavy (non-hydrogen) atoms. The van der Waals surface area contributed by atoms with Crippen molar-refractivity contribution in [1.29, 1.82) is 0 Å². The van der Waals surface area contributed by atoms with E-state index < -0.39 is 4.92 Å². The van der Waals surface area contributed by atoms with Crippen LogP contribution in [-0.4, -0.2) is 16.5 Å². The summed E-state index contributed by atoms with van der Waals surface area (Å²) in [4.78, 5) is 15.1. The summed E-state index contributed by atoms with van der Waals surface area (Å²) in [6.07, 6.45) is 0.919. The quantitative estimate of drug-likeness (QED) is 0.665. The third-order valence-corrected chi connectivity index (χ3v) is 3.01. The molecule has 0 spiro atoms. The Hall–Kier alpha value is -2.43. The molecule has 1 heterocycles. The van der Waals surface area contributed by atoms with E-state index in [4.69, 9.17) is 0 Å². The molecule has 0 fully saturated rings. The molecule has 0 radical (unpaired) electrons. The van der Waals surface area contributed by atoms with Gasteiger partial charge in [-0.05, 0) is 25.0 Å². The molecule has 0 unspecified atom stereocenters. The van der Waals surface area contributed by atoms with E-state index in [0.29, 0.717) is 18.1 Å². The Bertz CT molecular complexity index is 626. The third-order valence-electron chi connectivity index (χ3n) is 3.01. The van der Waals surface area contributed by atoms with Crippen molar-refractivity contribution in [2.24, 2.45) is 0 Å². The van der Waals surface area contributed by atoms with Gasteiger partial charge < -0.3 is 5.32 Å². The molecule has 2 rings (SSSR count). The summed E-state index contributed by atoms with van der Waals surface area (Å²) in [5.74, 6) is 0.526. The summed E-state index contributed by atoms with van der Waals surface area (Å²) in [7, 11) is 0. The summed E-state index contributed by atoms with van der Waals surface area (Å²) in [5.41, 5.74) is 2.74. The second-order valence-corrected chi connectivity index (χ2v) is 4.44. The van der Waals surface area contributed by atoms with E-state index in [-0.39, 0.29) is 5.69 Å². The minimum atomic E-state index is -0.393. The van der Waals surface area contributed by atoms with Crippen molar-refractivity contribution in [1.82, 2.24) is 4.98 Å². The highest BCUT2D eigenvalue weighted by molar-refractivity contribution is 5.66. The molecule has 0 saturated carbocycles. The first-order valence-electron chi connectivity index (χ1n) is 6.63. The standard InChI is InChI=1S/C15H17N3O2/c1-3-11-6-5-7-12(8-11)14-9-13(18(19)20)10-15(17-14)16-4-2/h5-10H,3-4H2,1-2H3,(H,16,17). The van der Waals surface area contributed by atoms with Gasteiger partial charge in [0.15, 0.2) is 0 Å². The van der Waals surface area contributed by atoms with Gasteiger partial charge in [-0.1, -0.05) is 25.1 Å². The molecule has 0 aliphatic carbocycles. The molecule has 1 aromatic heterocycles. The Balaban J connectivity index is 2.51. The molecule has 0 bridgehead atoms. The van der Waals surface area contributed by atoms with E-state index in [2.05, 4.69) is 17.2 Å². The van der Waals surface area contributed by atoms with Gasteiger partial charge in [0.25, 0.3) is 5.69 Å². The van der Waals surface area contributed by atoms with Crippen molar-refractivity contribution in [3.8, 4) is 11.3 Å². The molecule has 1 N–H and O–H groups in total. The maximum Gasteiger partial charge on any atom is 0.275 e. The Morgan fingerprint density at radius 3 is 2.70 bits per heavy atom. The SMILES string of the molecule is CCNc1cc([N+](=O)[O-])cc(-c2cccc(CC)c2)n1. The van der Waals surface area contributed by atoms with Crippen LogP contribution in [0.2, 0.25) is 0 Å². The molecule has 0 saturated heterocycles. The van der Waals surface area contributed by atoms with Crippen molar-refractivity contribution >= 4 is 11.5 Å². The van der Waals surface area contributed by atoms with Gasteiger partial charge in [0.1, 0.15) is 5.82 Å². The minimum absolute atomic E-state index is 0.0489. The van der Waals surface area contributed by atoms with Gasteiger partial charge in [0, 0.05) is 18.2 Å². The number of aromatic nitrogens is 1. The van der Waals surface area contributed by atoms with Crippen molar-refractivity contribution in [3.05, 3.63) is 52.1 Å². The zero-order valence-electron chi connectivity index (χ0n) is 11.6. The Labute approximate surface area is 117 Å². The molecule has 104 valence electrons. The molecule has 5 heteroatoms. The first kappa shape index (κ1) is 14.0. The molecular formula is C15H17N3O2.